The van der Waals surface area contributed by atoms with E-state index < -0.39 is 6.04 Å². The second-order valence-corrected chi connectivity index (χ2v) is 4.09. The molecule has 1 aromatic carbocycles. The first-order valence-electron chi connectivity index (χ1n) is 5.54. The average Bonchev–Trinajstić information content (AvgIpc) is 2.36. The third-order valence-electron chi connectivity index (χ3n) is 2.17. The van der Waals surface area contributed by atoms with Gasteiger partial charge in [0.1, 0.15) is 18.4 Å². The Morgan fingerprint density at radius 3 is 2.72 bits per heavy atom. The number of amides is 1. The number of ether oxygens (including phenoxy) is 2. The van der Waals surface area contributed by atoms with E-state index >= 15 is 0 Å². The highest BCUT2D eigenvalue weighted by Gasteiger charge is 2.11. The quantitative estimate of drug-likeness (QED) is 0.721. The smallest absolute Gasteiger partial charge is 0.239 e. The number of hydrogen-bond donors (Lipinski definition) is 2. The third-order valence-corrected chi connectivity index (χ3v) is 2.42. The molecule has 0 spiro atoms. The molecule has 5 nitrogen and oxygen atoms in total. The Morgan fingerprint density at radius 1 is 1.44 bits per heavy atom. The van der Waals surface area contributed by atoms with Crippen LogP contribution in [0.4, 0.5) is 0 Å². The molecule has 0 heterocycles. The van der Waals surface area contributed by atoms with Crippen molar-refractivity contribution < 1.29 is 14.3 Å². The van der Waals surface area contributed by atoms with E-state index in [0.29, 0.717) is 23.9 Å². The van der Waals surface area contributed by atoms with Crippen LogP contribution in [0.5, 0.6) is 5.75 Å². The fourth-order valence-corrected chi connectivity index (χ4v) is 1.39. The molecule has 3 N–H and O–H groups in total. The molecule has 0 radical (unpaired) electrons. The Balaban J connectivity index is 2.18. The van der Waals surface area contributed by atoms with Gasteiger partial charge in [-0.25, -0.2) is 0 Å². The maximum atomic E-state index is 11.4. The summed E-state index contributed by atoms with van der Waals surface area (Å²) in [6.45, 7) is 0.954. The second-order valence-electron chi connectivity index (χ2n) is 3.66. The number of rotatable bonds is 7. The molecule has 6 heteroatoms. The summed E-state index contributed by atoms with van der Waals surface area (Å²) in [5.41, 5.74) is 5.55. The molecule has 1 atom stereocenters. The van der Waals surface area contributed by atoms with Gasteiger partial charge in [0.2, 0.25) is 5.91 Å². The van der Waals surface area contributed by atoms with E-state index in [9.17, 15) is 4.79 Å². The lowest BCUT2D eigenvalue weighted by Gasteiger charge is -2.11. The maximum Gasteiger partial charge on any atom is 0.239 e. The number of benzene rings is 1. The van der Waals surface area contributed by atoms with Crippen LogP contribution >= 0.6 is 11.6 Å². The Morgan fingerprint density at radius 2 is 2.11 bits per heavy atom. The van der Waals surface area contributed by atoms with E-state index in [-0.39, 0.29) is 12.5 Å². The minimum Gasteiger partial charge on any atom is -0.492 e. The SMILES string of the molecule is COCC(N)C(=O)NCCOc1ccc(Cl)cc1. The highest BCUT2D eigenvalue weighted by Crippen LogP contribution is 2.14. The first-order valence-corrected chi connectivity index (χ1v) is 5.92. The summed E-state index contributed by atoms with van der Waals surface area (Å²) in [4.78, 5) is 11.4. The summed E-state index contributed by atoms with van der Waals surface area (Å²) in [5, 5.41) is 3.31. The molecule has 1 unspecified atom stereocenters. The zero-order chi connectivity index (χ0) is 13.4. The summed E-state index contributed by atoms with van der Waals surface area (Å²) in [7, 11) is 1.50. The van der Waals surface area contributed by atoms with Crippen molar-refractivity contribution in [1.82, 2.24) is 5.32 Å². The normalized spacial score (nSPS) is 11.9. The lowest BCUT2D eigenvalue weighted by Crippen LogP contribution is -2.44. The van der Waals surface area contributed by atoms with Crippen LogP contribution < -0.4 is 15.8 Å². The van der Waals surface area contributed by atoms with Gasteiger partial charge in [0.25, 0.3) is 0 Å². The number of halogens is 1. The van der Waals surface area contributed by atoms with E-state index in [4.69, 9.17) is 26.8 Å². The molecule has 1 rings (SSSR count). The van der Waals surface area contributed by atoms with Crippen LogP contribution in [0.1, 0.15) is 0 Å². The molecular formula is C12H17ClN2O3. The van der Waals surface area contributed by atoms with Crippen LogP contribution in [-0.4, -0.2) is 38.8 Å². The Bertz CT molecular complexity index is 370. The average molecular weight is 273 g/mol. The monoisotopic (exact) mass is 272 g/mol. The van der Waals surface area contributed by atoms with E-state index in [2.05, 4.69) is 5.32 Å². The van der Waals surface area contributed by atoms with Gasteiger partial charge in [-0.05, 0) is 24.3 Å². The van der Waals surface area contributed by atoms with Gasteiger partial charge in [-0.15, -0.1) is 0 Å². The molecule has 0 bridgehead atoms. The minimum absolute atomic E-state index is 0.198. The lowest BCUT2D eigenvalue weighted by atomic mass is 10.3. The summed E-state index contributed by atoms with van der Waals surface area (Å²) < 4.78 is 10.2. The van der Waals surface area contributed by atoms with Crippen LogP contribution in [0.3, 0.4) is 0 Å². The molecular weight excluding hydrogens is 256 g/mol. The minimum atomic E-state index is -0.648. The van der Waals surface area contributed by atoms with E-state index in [0.717, 1.165) is 0 Å². The van der Waals surface area contributed by atoms with Crippen molar-refractivity contribution in [3.63, 3.8) is 0 Å². The number of carbonyl (C=O) groups is 1. The Kier molecular flexibility index (Phi) is 6.49. The molecule has 0 saturated carbocycles. The zero-order valence-electron chi connectivity index (χ0n) is 10.2. The predicted octanol–water partition coefficient (Wildman–Crippen LogP) is 0.809. The first-order chi connectivity index (χ1) is 8.63. The van der Waals surface area contributed by atoms with Gasteiger partial charge in [-0.2, -0.15) is 0 Å². The lowest BCUT2D eigenvalue weighted by molar-refractivity contribution is -0.123. The number of carbonyl (C=O) groups excluding carboxylic acids is 1. The molecule has 0 saturated heterocycles. The fourth-order valence-electron chi connectivity index (χ4n) is 1.26. The molecule has 18 heavy (non-hydrogen) atoms. The zero-order valence-corrected chi connectivity index (χ0v) is 10.9. The van der Waals surface area contributed by atoms with E-state index in [1.54, 1.807) is 24.3 Å². The van der Waals surface area contributed by atoms with Crippen molar-refractivity contribution >= 4 is 17.5 Å². The Hall–Kier alpha value is -1.30. The van der Waals surface area contributed by atoms with E-state index in [1.165, 1.54) is 7.11 Å². The summed E-state index contributed by atoms with van der Waals surface area (Å²) in [5.74, 6) is 0.450. The van der Waals surface area contributed by atoms with Gasteiger partial charge in [0.15, 0.2) is 0 Å². The van der Waals surface area contributed by atoms with Gasteiger partial charge in [-0.3, -0.25) is 4.79 Å². The van der Waals surface area contributed by atoms with Crippen LogP contribution in [0.2, 0.25) is 5.02 Å². The molecule has 0 aliphatic rings. The highest BCUT2D eigenvalue weighted by atomic mass is 35.5. The molecule has 1 aromatic rings. The van der Waals surface area contributed by atoms with Gasteiger partial charge in [-0.1, -0.05) is 11.6 Å². The fraction of sp³-hybridized carbons (Fsp3) is 0.417. The highest BCUT2D eigenvalue weighted by molar-refractivity contribution is 6.30. The molecule has 0 aromatic heterocycles. The molecule has 0 aliphatic heterocycles. The molecule has 0 fully saturated rings. The van der Waals surface area contributed by atoms with Crippen molar-refractivity contribution in [2.75, 3.05) is 26.9 Å². The number of methoxy groups -OCH3 is 1. The molecule has 1 amide bonds. The van der Waals surface area contributed by atoms with Gasteiger partial charge in [0, 0.05) is 12.1 Å². The Labute approximate surface area is 111 Å². The number of hydrogen-bond acceptors (Lipinski definition) is 4. The second kappa shape index (κ2) is 7.92. The maximum absolute atomic E-state index is 11.4. The third kappa shape index (κ3) is 5.35. The number of nitrogens with one attached hydrogen (secondary N) is 1. The van der Waals surface area contributed by atoms with Crippen molar-refractivity contribution in [3.05, 3.63) is 29.3 Å². The molecule has 100 valence electrons. The van der Waals surface area contributed by atoms with Gasteiger partial charge < -0.3 is 20.5 Å². The van der Waals surface area contributed by atoms with Crippen molar-refractivity contribution in [2.45, 2.75) is 6.04 Å². The van der Waals surface area contributed by atoms with E-state index in [1.807, 2.05) is 0 Å². The van der Waals surface area contributed by atoms with Gasteiger partial charge >= 0.3 is 0 Å². The van der Waals surface area contributed by atoms with Crippen LogP contribution in [0.15, 0.2) is 24.3 Å². The van der Waals surface area contributed by atoms with Crippen molar-refractivity contribution in [3.8, 4) is 5.75 Å². The summed E-state index contributed by atoms with van der Waals surface area (Å²) >= 11 is 5.74. The topological polar surface area (TPSA) is 73.6 Å². The van der Waals surface area contributed by atoms with Crippen LogP contribution in [0, 0.1) is 0 Å². The number of nitrogens with two attached hydrogens (primary N) is 1. The van der Waals surface area contributed by atoms with Crippen molar-refractivity contribution in [2.24, 2.45) is 5.73 Å². The largest absolute Gasteiger partial charge is 0.492 e. The predicted molar refractivity (Wildman–Crippen MR) is 69.8 cm³/mol. The van der Waals surface area contributed by atoms with Crippen LogP contribution in [-0.2, 0) is 9.53 Å². The summed E-state index contributed by atoms with van der Waals surface area (Å²) in [6.07, 6.45) is 0. The van der Waals surface area contributed by atoms with Crippen LogP contribution in [0.25, 0.3) is 0 Å². The summed E-state index contributed by atoms with van der Waals surface area (Å²) in [6, 6.07) is 6.36. The standard InChI is InChI=1S/C12H17ClN2O3/c1-17-8-11(14)12(16)15-6-7-18-10-4-2-9(13)3-5-10/h2-5,11H,6-8,14H2,1H3,(H,15,16). The van der Waals surface area contributed by atoms with Gasteiger partial charge in [0.05, 0.1) is 13.2 Å². The first kappa shape index (κ1) is 14.8. The molecule has 0 aliphatic carbocycles. The van der Waals surface area contributed by atoms with Crippen molar-refractivity contribution in [1.29, 1.82) is 0 Å².